The van der Waals surface area contributed by atoms with Crippen LogP contribution >= 0.6 is 0 Å². The molecule has 1 heterocycles. The molecule has 1 aliphatic rings. The van der Waals surface area contributed by atoms with Crippen LogP contribution in [0.4, 0.5) is 0 Å². The van der Waals surface area contributed by atoms with Gasteiger partial charge in [-0.2, -0.15) is 0 Å². The zero-order chi connectivity index (χ0) is 11.8. The molecule has 1 aromatic rings. The summed E-state index contributed by atoms with van der Waals surface area (Å²) in [6.45, 7) is 7.03. The highest BCUT2D eigenvalue weighted by molar-refractivity contribution is 5.07. The van der Waals surface area contributed by atoms with Gasteiger partial charge in [-0.3, -0.25) is 0 Å². The van der Waals surface area contributed by atoms with Gasteiger partial charge in [-0.1, -0.05) is 12.8 Å². The summed E-state index contributed by atoms with van der Waals surface area (Å²) in [5.74, 6) is 2.65. The molecule has 0 atom stereocenters. The predicted molar refractivity (Wildman–Crippen MR) is 64.1 cm³/mol. The van der Waals surface area contributed by atoms with E-state index in [1.165, 1.54) is 25.7 Å². The quantitative estimate of drug-likeness (QED) is 0.834. The minimum Gasteiger partial charge on any atom is -0.324 e. The van der Waals surface area contributed by atoms with Gasteiger partial charge in [0.05, 0.1) is 6.54 Å². The van der Waals surface area contributed by atoms with E-state index in [0.717, 1.165) is 11.6 Å². The Kier molecular flexibility index (Phi) is 3.02. The minimum absolute atomic E-state index is 0.0239. The Bertz CT molecular complexity index is 356. The minimum atomic E-state index is 0.0239. The maximum atomic E-state index is 5.74. The van der Waals surface area contributed by atoms with Crippen LogP contribution in [0, 0.1) is 0 Å². The van der Waals surface area contributed by atoms with Gasteiger partial charge >= 0.3 is 0 Å². The van der Waals surface area contributed by atoms with Gasteiger partial charge in [0.2, 0.25) is 0 Å². The lowest BCUT2D eigenvalue weighted by molar-refractivity contribution is 0.359. The summed E-state index contributed by atoms with van der Waals surface area (Å²) in [5.41, 5.74) is 5.76. The molecule has 0 saturated heterocycles. The highest BCUT2D eigenvalue weighted by Crippen LogP contribution is 2.35. The molecule has 0 radical (unpaired) electrons. The van der Waals surface area contributed by atoms with Gasteiger partial charge in [0.1, 0.15) is 11.6 Å². The van der Waals surface area contributed by atoms with Gasteiger partial charge in [-0.25, -0.2) is 0 Å². The standard InChI is InChI=1S/C12H22N4/c1-12(2,3)16-10(8-13)14-15-11(16)9-6-4-5-7-9/h9H,4-8,13H2,1-3H3. The Balaban J connectivity index is 2.41. The van der Waals surface area contributed by atoms with Crippen LogP contribution in [0.15, 0.2) is 0 Å². The molecular formula is C12H22N4. The fourth-order valence-electron chi connectivity index (χ4n) is 2.64. The summed E-state index contributed by atoms with van der Waals surface area (Å²) >= 11 is 0. The lowest BCUT2D eigenvalue weighted by Crippen LogP contribution is -2.28. The molecule has 0 bridgehead atoms. The third-order valence-electron chi connectivity index (χ3n) is 3.33. The molecule has 0 spiro atoms. The molecule has 90 valence electrons. The molecule has 16 heavy (non-hydrogen) atoms. The van der Waals surface area contributed by atoms with Crippen molar-refractivity contribution in [2.75, 3.05) is 0 Å². The zero-order valence-corrected chi connectivity index (χ0v) is 10.5. The number of aromatic nitrogens is 3. The molecule has 1 fully saturated rings. The second-order valence-electron chi connectivity index (χ2n) is 5.67. The largest absolute Gasteiger partial charge is 0.324 e. The summed E-state index contributed by atoms with van der Waals surface area (Å²) in [7, 11) is 0. The van der Waals surface area contributed by atoms with E-state index in [1.54, 1.807) is 0 Å². The first-order valence-electron chi connectivity index (χ1n) is 6.19. The summed E-state index contributed by atoms with van der Waals surface area (Å²) < 4.78 is 2.24. The number of nitrogens with zero attached hydrogens (tertiary/aromatic N) is 3. The molecule has 1 aliphatic carbocycles. The van der Waals surface area contributed by atoms with Crippen LogP contribution in [0.5, 0.6) is 0 Å². The molecule has 4 nitrogen and oxygen atoms in total. The van der Waals surface area contributed by atoms with Crippen molar-refractivity contribution in [1.82, 2.24) is 14.8 Å². The van der Waals surface area contributed by atoms with E-state index in [0.29, 0.717) is 12.5 Å². The Labute approximate surface area is 97.2 Å². The van der Waals surface area contributed by atoms with E-state index in [9.17, 15) is 0 Å². The Morgan fingerprint density at radius 3 is 2.38 bits per heavy atom. The molecule has 0 unspecified atom stereocenters. The molecule has 2 rings (SSSR count). The highest BCUT2D eigenvalue weighted by Gasteiger charge is 2.28. The monoisotopic (exact) mass is 222 g/mol. The van der Waals surface area contributed by atoms with Gasteiger partial charge in [-0.05, 0) is 33.6 Å². The maximum absolute atomic E-state index is 5.74. The van der Waals surface area contributed by atoms with Crippen LogP contribution in [0.25, 0.3) is 0 Å². The van der Waals surface area contributed by atoms with Crippen LogP contribution < -0.4 is 5.73 Å². The summed E-state index contributed by atoms with van der Waals surface area (Å²) in [6, 6.07) is 0. The van der Waals surface area contributed by atoms with E-state index in [2.05, 4.69) is 35.5 Å². The van der Waals surface area contributed by atoms with Crippen molar-refractivity contribution in [1.29, 1.82) is 0 Å². The summed E-state index contributed by atoms with van der Waals surface area (Å²) in [4.78, 5) is 0. The summed E-state index contributed by atoms with van der Waals surface area (Å²) in [6.07, 6.45) is 5.14. The molecular weight excluding hydrogens is 200 g/mol. The highest BCUT2D eigenvalue weighted by atomic mass is 15.3. The first-order valence-corrected chi connectivity index (χ1v) is 6.19. The smallest absolute Gasteiger partial charge is 0.147 e. The molecule has 0 amide bonds. The van der Waals surface area contributed by atoms with Crippen LogP contribution in [-0.4, -0.2) is 14.8 Å². The van der Waals surface area contributed by atoms with Gasteiger partial charge in [0, 0.05) is 11.5 Å². The average molecular weight is 222 g/mol. The van der Waals surface area contributed by atoms with Gasteiger partial charge in [-0.15, -0.1) is 10.2 Å². The van der Waals surface area contributed by atoms with Crippen LogP contribution in [0.1, 0.15) is 64.0 Å². The average Bonchev–Trinajstić information content (AvgIpc) is 2.84. The number of hydrogen-bond donors (Lipinski definition) is 1. The van der Waals surface area contributed by atoms with Crippen LogP contribution in [0.3, 0.4) is 0 Å². The number of rotatable bonds is 2. The van der Waals surface area contributed by atoms with Crippen molar-refractivity contribution in [2.45, 2.75) is 64.5 Å². The van der Waals surface area contributed by atoms with Crippen molar-refractivity contribution < 1.29 is 0 Å². The molecule has 1 aromatic heterocycles. The van der Waals surface area contributed by atoms with Gasteiger partial charge in [0.15, 0.2) is 0 Å². The Hall–Kier alpha value is -0.900. The first kappa shape index (κ1) is 11.6. The van der Waals surface area contributed by atoms with E-state index < -0.39 is 0 Å². The van der Waals surface area contributed by atoms with Crippen molar-refractivity contribution in [2.24, 2.45) is 5.73 Å². The summed E-state index contributed by atoms with van der Waals surface area (Å²) in [5, 5.41) is 8.60. The maximum Gasteiger partial charge on any atom is 0.147 e. The van der Waals surface area contributed by atoms with Gasteiger partial charge < -0.3 is 10.3 Å². The third kappa shape index (κ3) is 1.98. The molecule has 2 N–H and O–H groups in total. The molecule has 4 heteroatoms. The normalized spacial score (nSPS) is 18.2. The number of nitrogens with two attached hydrogens (primary N) is 1. The molecule has 0 aromatic carbocycles. The van der Waals surface area contributed by atoms with E-state index in [-0.39, 0.29) is 5.54 Å². The molecule has 1 saturated carbocycles. The van der Waals surface area contributed by atoms with Crippen LogP contribution in [-0.2, 0) is 12.1 Å². The second kappa shape index (κ2) is 4.17. The zero-order valence-electron chi connectivity index (χ0n) is 10.5. The predicted octanol–water partition coefficient (Wildman–Crippen LogP) is 2.15. The third-order valence-corrected chi connectivity index (χ3v) is 3.33. The SMILES string of the molecule is CC(C)(C)n1c(CN)nnc1C1CCCC1. The van der Waals surface area contributed by atoms with Crippen LogP contribution in [0.2, 0.25) is 0 Å². The van der Waals surface area contributed by atoms with Crippen molar-refractivity contribution in [3.63, 3.8) is 0 Å². The Morgan fingerprint density at radius 1 is 1.25 bits per heavy atom. The van der Waals surface area contributed by atoms with E-state index >= 15 is 0 Å². The molecule has 0 aliphatic heterocycles. The second-order valence-corrected chi connectivity index (χ2v) is 5.67. The van der Waals surface area contributed by atoms with E-state index in [1.807, 2.05) is 0 Å². The Morgan fingerprint density at radius 2 is 1.88 bits per heavy atom. The topological polar surface area (TPSA) is 56.7 Å². The fraction of sp³-hybridized carbons (Fsp3) is 0.833. The van der Waals surface area contributed by atoms with Crippen molar-refractivity contribution in [3.05, 3.63) is 11.6 Å². The van der Waals surface area contributed by atoms with Gasteiger partial charge in [0.25, 0.3) is 0 Å². The first-order chi connectivity index (χ1) is 7.54. The fourth-order valence-corrected chi connectivity index (χ4v) is 2.64. The lowest BCUT2D eigenvalue weighted by atomic mass is 10.0. The van der Waals surface area contributed by atoms with E-state index in [4.69, 9.17) is 5.73 Å². The number of hydrogen-bond acceptors (Lipinski definition) is 3. The van der Waals surface area contributed by atoms with Crippen molar-refractivity contribution in [3.8, 4) is 0 Å². The van der Waals surface area contributed by atoms with Crippen molar-refractivity contribution >= 4 is 0 Å². The lowest BCUT2D eigenvalue weighted by Gasteiger charge is -2.26.